The summed E-state index contributed by atoms with van der Waals surface area (Å²) in [5, 5.41) is 13.8. The summed E-state index contributed by atoms with van der Waals surface area (Å²) in [6, 6.07) is 4.94. The van der Waals surface area contributed by atoms with E-state index in [-0.39, 0.29) is 11.3 Å². The number of nitrogens with zero attached hydrogens (tertiary/aromatic N) is 1. The van der Waals surface area contributed by atoms with Crippen molar-refractivity contribution in [2.24, 2.45) is 0 Å². The van der Waals surface area contributed by atoms with Crippen LogP contribution in [0.25, 0.3) is 0 Å². The Kier molecular flexibility index (Phi) is 5.91. The lowest BCUT2D eigenvalue weighted by molar-refractivity contribution is -0.384. The second-order valence-corrected chi connectivity index (χ2v) is 5.33. The molecule has 0 aliphatic carbocycles. The normalized spacial score (nSPS) is 11.4. The van der Waals surface area contributed by atoms with Crippen LogP contribution in [0, 0.1) is 10.1 Å². The maximum atomic E-state index is 10.9. The Morgan fingerprint density at radius 2 is 2.00 bits per heavy atom. The van der Waals surface area contributed by atoms with E-state index >= 15 is 0 Å². The van der Waals surface area contributed by atoms with Gasteiger partial charge in [-0.15, -0.1) is 0 Å². The number of nitro benzene ring substituents is 1. The number of hydrogen-bond acceptors (Lipinski definition) is 5. The second-order valence-electron chi connectivity index (χ2n) is 5.33. The van der Waals surface area contributed by atoms with Gasteiger partial charge in [0.25, 0.3) is 5.69 Å². The highest BCUT2D eigenvalue weighted by molar-refractivity contribution is 5.65. The Labute approximate surface area is 119 Å². The fourth-order valence-corrected chi connectivity index (χ4v) is 1.74. The molecule has 0 bridgehead atoms. The molecule has 1 N–H and O–H groups in total. The summed E-state index contributed by atoms with van der Waals surface area (Å²) >= 11 is 0. The maximum absolute atomic E-state index is 10.9. The minimum atomic E-state index is -0.405. The van der Waals surface area contributed by atoms with Gasteiger partial charge in [-0.25, -0.2) is 0 Å². The van der Waals surface area contributed by atoms with E-state index in [0.29, 0.717) is 25.5 Å². The molecular weight excluding hydrogens is 260 g/mol. The standard InChI is InChI=1S/C14H22N2O4/c1-14(2,3)20-9-8-19-10-11-6-5-7-12(16(17)18)13(11)15-4/h5-7,15H,8-10H2,1-4H3. The predicted octanol–water partition coefficient (Wildman–Crippen LogP) is 2.97. The van der Waals surface area contributed by atoms with E-state index in [1.807, 2.05) is 26.8 Å². The van der Waals surface area contributed by atoms with Crippen LogP contribution in [-0.4, -0.2) is 30.8 Å². The van der Waals surface area contributed by atoms with E-state index < -0.39 is 4.92 Å². The van der Waals surface area contributed by atoms with Crippen LogP contribution in [0.1, 0.15) is 26.3 Å². The zero-order valence-electron chi connectivity index (χ0n) is 12.4. The topological polar surface area (TPSA) is 73.6 Å². The minimum Gasteiger partial charge on any atom is -0.382 e. The van der Waals surface area contributed by atoms with E-state index in [9.17, 15) is 10.1 Å². The molecule has 0 saturated carbocycles. The number of benzene rings is 1. The van der Waals surface area contributed by atoms with Gasteiger partial charge >= 0.3 is 0 Å². The van der Waals surface area contributed by atoms with Crippen molar-refractivity contribution in [3.63, 3.8) is 0 Å². The summed E-state index contributed by atoms with van der Waals surface area (Å²) in [7, 11) is 1.66. The fourth-order valence-electron chi connectivity index (χ4n) is 1.74. The van der Waals surface area contributed by atoms with E-state index in [1.54, 1.807) is 13.1 Å². The molecule has 0 fully saturated rings. The van der Waals surface area contributed by atoms with E-state index in [2.05, 4.69) is 5.32 Å². The Hall–Kier alpha value is -1.66. The largest absolute Gasteiger partial charge is 0.382 e. The molecule has 1 aromatic carbocycles. The maximum Gasteiger partial charge on any atom is 0.292 e. The Morgan fingerprint density at radius 3 is 2.55 bits per heavy atom. The summed E-state index contributed by atoms with van der Waals surface area (Å²) in [6.45, 7) is 7.19. The molecule has 0 unspecified atom stereocenters. The molecule has 0 heterocycles. The van der Waals surface area contributed by atoms with Crippen LogP contribution in [0.5, 0.6) is 0 Å². The third-order valence-corrected chi connectivity index (χ3v) is 2.60. The lowest BCUT2D eigenvalue weighted by Gasteiger charge is -2.19. The van der Waals surface area contributed by atoms with Crippen LogP contribution in [0.2, 0.25) is 0 Å². The van der Waals surface area contributed by atoms with E-state index in [0.717, 1.165) is 5.56 Å². The molecule has 6 nitrogen and oxygen atoms in total. The zero-order valence-corrected chi connectivity index (χ0v) is 12.4. The molecule has 0 radical (unpaired) electrons. The average Bonchev–Trinajstić information content (AvgIpc) is 2.36. The van der Waals surface area contributed by atoms with Crippen molar-refractivity contribution in [2.45, 2.75) is 33.0 Å². The molecule has 6 heteroatoms. The zero-order chi connectivity index (χ0) is 15.2. The average molecular weight is 282 g/mol. The SMILES string of the molecule is CNc1c(COCCOC(C)(C)C)cccc1[N+](=O)[O-]. The van der Waals surface area contributed by atoms with E-state index in [1.165, 1.54) is 6.07 Å². The molecule has 0 atom stereocenters. The summed E-state index contributed by atoms with van der Waals surface area (Å²) in [5.74, 6) is 0. The van der Waals surface area contributed by atoms with Crippen molar-refractivity contribution in [3.05, 3.63) is 33.9 Å². The quantitative estimate of drug-likeness (QED) is 0.473. The lowest BCUT2D eigenvalue weighted by atomic mass is 10.1. The number of ether oxygens (including phenoxy) is 2. The van der Waals surface area contributed by atoms with Crippen LogP contribution < -0.4 is 5.32 Å². The monoisotopic (exact) mass is 282 g/mol. The minimum absolute atomic E-state index is 0.0551. The van der Waals surface area contributed by atoms with Crippen LogP contribution in [0.4, 0.5) is 11.4 Å². The molecule has 112 valence electrons. The summed E-state index contributed by atoms with van der Waals surface area (Å²) in [5.41, 5.74) is 1.12. The third-order valence-electron chi connectivity index (χ3n) is 2.60. The molecular formula is C14H22N2O4. The van der Waals surface area contributed by atoms with Gasteiger partial charge in [-0.05, 0) is 20.8 Å². The van der Waals surface area contributed by atoms with Gasteiger partial charge in [0.05, 0.1) is 30.3 Å². The summed E-state index contributed by atoms with van der Waals surface area (Å²) in [4.78, 5) is 10.5. The highest BCUT2D eigenvalue weighted by Gasteiger charge is 2.16. The Bertz CT molecular complexity index is 455. The van der Waals surface area contributed by atoms with Crippen molar-refractivity contribution >= 4 is 11.4 Å². The van der Waals surface area contributed by atoms with Crippen molar-refractivity contribution in [2.75, 3.05) is 25.6 Å². The highest BCUT2D eigenvalue weighted by Crippen LogP contribution is 2.28. The number of nitrogens with one attached hydrogen (secondary N) is 1. The number of anilines is 1. The smallest absolute Gasteiger partial charge is 0.292 e. The highest BCUT2D eigenvalue weighted by atomic mass is 16.6. The number of hydrogen-bond donors (Lipinski definition) is 1. The molecule has 0 saturated heterocycles. The fraction of sp³-hybridized carbons (Fsp3) is 0.571. The van der Waals surface area contributed by atoms with Gasteiger partial charge in [0.1, 0.15) is 5.69 Å². The summed E-state index contributed by atoms with van der Waals surface area (Å²) in [6.07, 6.45) is 0. The van der Waals surface area contributed by atoms with Crippen molar-refractivity contribution in [1.29, 1.82) is 0 Å². The molecule has 1 rings (SSSR count). The van der Waals surface area contributed by atoms with Crippen molar-refractivity contribution < 1.29 is 14.4 Å². The number of rotatable bonds is 7. The van der Waals surface area contributed by atoms with Gasteiger partial charge < -0.3 is 14.8 Å². The Balaban J connectivity index is 2.56. The molecule has 0 aliphatic heterocycles. The molecule has 0 spiro atoms. The van der Waals surface area contributed by atoms with Gasteiger partial charge in [0.15, 0.2) is 0 Å². The summed E-state index contributed by atoms with van der Waals surface area (Å²) < 4.78 is 11.0. The molecule has 20 heavy (non-hydrogen) atoms. The lowest BCUT2D eigenvalue weighted by Crippen LogP contribution is -2.21. The van der Waals surface area contributed by atoms with Crippen LogP contribution in [-0.2, 0) is 16.1 Å². The van der Waals surface area contributed by atoms with Crippen molar-refractivity contribution in [3.8, 4) is 0 Å². The van der Waals surface area contributed by atoms with E-state index in [4.69, 9.17) is 9.47 Å². The number of nitro groups is 1. The molecule has 0 amide bonds. The number of para-hydroxylation sites is 1. The molecule has 0 aromatic heterocycles. The van der Waals surface area contributed by atoms with Gasteiger partial charge in [0.2, 0.25) is 0 Å². The van der Waals surface area contributed by atoms with Crippen LogP contribution in [0.15, 0.2) is 18.2 Å². The van der Waals surface area contributed by atoms with Gasteiger partial charge in [-0.2, -0.15) is 0 Å². The molecule has 0 aliphatic rings. The first kappa shape index (κ1) is 16.4. The predicted molar refractivity (Wildman–Crippen MR) is 78.0 cm³/mol. The first-order valence-corrected chi connectivity index (χ1v) is 6.51. The van der Waals surface area contributed by atoms with Gasteiger partial charge in [-0.1, -0.05) is 12.1 Å². The first-order chi connectivity index (χ1) is 9.35. The van der Waals surface area contributed by atoms with Gasteiger partial charge in [0, 0.05) is 18.7 Å². The molecule has 1 aromatic rings. The first-order valence-electron chi connectivity index (χ1n) is 6.51. The van der Waals surface area contributed by atoms with Crippen LogP contribution >= 0.6 is 0 Å². The second kappa shape index (κ2) is 7.21. The van der Waals surface area contributed by atoms with Crippen molar-refractivity contribution in [1.82, 2.24) is 0 Å². The van der Waals surface area contributed by atoms with Crippen LogP contribution in [0.3, 0.4) is 0 Å². The van der Waals surface area contributed by atoms with Gasteiger partial charge in [-0.3, -0.25) is 10.1 Å². The third kappa shape index (κ3) is 5.14. The Morgan fingerprint density at radius 1 is 1.30 bits per heavy atom.